The van der Waals surface area contributed by atoms with E-state index in [1.807, 2.05) is 0 Å². The number of nitrogens with one attached hydrogen (secondary N) is 1. The molecule has 0 unspecified atom stereocenters. The van der Waals surface area contributed by atoms with Crippen LogP contribution in [0.15, 0.2) is 0 Å². The quantitative estimate of drug-likeness (QED) is 0.581. The smallest absolute Gasteiger partial charge is 0.405 e. The summed E-state index contributed by atoms with van der Waals surface area (Å²) in [6.07, 6.45) is -0.725. The highest BCUT2D eigenvalue weighted by Gasteiger charge is 2.12. The van der Waals surface area contributed by atoms with E-state index in [9.17, 15) is 4.79 Å². The number of nitrogens with two attached hydrogens (primary N) is 1. The van der Waals surface area contributed by atoms with E-state index in [1.54, 1.807) is 20.8 Å². The van der Waals surface area contributed by atoms with Gasteiger partial charge in [0.25, 0.3) is 0 Å². The molecule has 0 radical (unpaired) electrons. The summed E-state index contributed by atoms with van der Waals surface area (Å²) in [6.45, 7) is 7.95. The minimum Gasteiger partial charge on any atom is -0.444 e. The monoisotopic (exact) mass is 190 g/mol. The topological polar surface area (TPSA) is 73.6 Å². The molecule has 0 aromatic heterocycles. The first kappa shape index (κ1) is 12.2. The summed E-state index contributed by atoms with van der Waals surface area (Å²) in [5.74, 6) is 0. The molecule has 5 nitrogen and oxygen atoms in total. The lowest BCUT2D eigenvalue weighted by molar-refractivity contribution is 0.0600. The van der Waals surface area contributed by atoms with Crippen LogP contribution in [0.25, 0.3) is 0 Å². The molecule has 1 fully saturated rings. The van der Waals surface area contributed by atoms with Crippen LogP contribution in [0.4, 0.5) is 4.79 Å². The highest BCUT2D eigenvalue weighted by Crippen LogP contribution is 2.04. The van der Waals surface area contributed by atoms with Crippen molar-refractivity contribution in [3.8, 4) is 0 Å². The van der Waals surface area contributed by atoms with Crippen molar-refractivity contribution in [3.63, 3.8) is 0 Å². The van der Waals surface area contributed by atoms with Crippen LogP contribution in [0.3, 0.4) is 0 Å². The van der Waals surface area contributed by atoms with Gasteiger partial charge in [0.15, 0.2) is 0 Å². The maximum atomic E-state index is 10.0. The maximum Gasteiger partial charge on any atom is 0.405 e. The molecule has 5 heteroatoms. The number of carbonyl (C=O) groups excluding carboxylic acids is 1. The first-order chi connectivity index (χ1) is 5.92. The van der Waals surface area contributed by atoms with E-state index in [1.165, 1.54) is 0 Å². The third-order valence-corrected chi connectivity index (χ3v) is 1.03. The fraction of sp³-hybridized carbons (Fsp3) is 0.875. The van der Waals surface area contributed by atoms with Gasteiger partial charge in [0.05, 0.1) is 13.3 Å². The molecule has 1 amide bonds. The van der Waals surface area contributed by atoms with Crippen LogP contribution in [0, 0.1) is 0 Å². The van der Waals surface area contributed by atoms with Crippen LogP contribution in [0.5, 0.6) is 0 Å². The van der Waals surface area contributed by atoms with Gasteiger partial charge in [-0.15, -0.1) is 0 Å². The summed E-state index contributed by atoms with van der Waals surface area (Å²) in [5.41, 5.74) is 4.26. The molecule has 1 aliphatic rings. The summed E-state index contributed by atoms with van der Waals surface area (Å²) in [6, 6.07) is 0. The van der Waals surface area contributed by atoms with Crippen LogP contribution in [-0.4, -0.2) is 31.6 Å². The normalized spacial score (nSPS) is 15.9. The Labute approximate surface area is 78.6 Å². The van der Waals surface area contributed by atoms with Crippen molar-refractivity contribution in [2.24, 2.45) is 5.73 Å². The standard InChI is InChI=1S/C5H11NO2.C3H7NO/c1-5(2,3)8-4(6)7;1-2-5-3-4-1/h1-3H3,(H2,6,7);4H,1-3H2. The molecule has 3 N–H and O–H groups in total. The van der Waals surface area contributed by atoms with E-state index in [2.05, 4.69) is 10.1 Å². The van der Waals surface area contributed by atoms with Crippen molar-refractivity contribution in [1.82, 2.24) is 5.32 Å². The minimum absolute atomic E-state index is 0.453. The van der Waals surface area contributed by atoms with Gasteiger partial charge in [-0.05, 0) is 20.8 Å². The van der Waals surface area contributed by atoms with Crippen LogP contribution in [0.1, 0.15) is 20.8 Å². The SMILES string of the molecule is C1COCN1.CC(C)(C)OC(N)=O. The van der Waals surface area contributed by atoms with E-state index < -0.39 is 11.7 Å². The predicted octanol–water partition coefficient (Wildman–Crippen LogP) is 0.444. The van der Waals surface area contributed by atoms with Crippen molar-refractivity contribution < 1.29 is 14.3 Å². The molecular weight excluding hydrogens is 172 g/mol. The lowest BCUT2D eigenvalue weighted by Gasteiger charge is -2.16. The molecule has 0 aromatic carbocycles. The zero-order valence-electron chi connectivity index (χ0n) is 8.42. The highest BCUT2D eigenvalue weighted by atomic mass is 16.6. The first-order valence-corrected chi connectivity index (χ1v) is 4.19. The Bertz CT molecular complexity index is 142. The van der Waals surface area contributed by atoms with Crippen molar-refractivity contribution in [1.29, 1.82) is 0 Å². The van der Waals surface area contributed by atoms with E-state index in [4.69, 9.17) is 10.5 Å². The van der Waals surface area contributed by atoms with Gasteiger partial charge in [0, 0.05) is 6.54 Å². The van der Waals surface area contributed by atoms with Gasteiger partial charge in [0.2, 0.25) is 0 Å². The fourth-order valence-corrected chi connectivity index (χ4v) is 0.663. The molecular formula is C8H18N2O3. The Morgan fingerprint density at radius 3 is 2.23 bits per heavy atom. The molecule has 1 heterocycles. The van der Waals surface area contributed by atoms with Crippen LogP contribution < -0.4 is 11.1 Å². The Morgan fingerprint density at radius 1 is 1.54 bits per heavy atom. The summed E-state index contributed by atoms with van der Waals surface area (Å²) in [4.78, 5) is 10.0. The third-order valence-electron chi connectivity index (χ3n) is 1.03. The molecule has 1 saturated heterocycles. The molecule has 1 rings (SSSR count). The molecule has 78 valence electrons. The van der Waals surface area contributed by atoms with Crippen molar-refractivity contribution in [2.75, 3.05) is 19.9 Å². The minimum atomic E-state index is -0.725. The Morgan fingerprint density at radius 2 is 2.15 bits per heavy atom. The van der Waals surface area contributed by atoms with Crippen LogP contribution in [0.2, 0.25) is 0 Å². The molecule has 0 aliphatic carbocycles. The lowest BCUT2D eigenvalue weighted by atomic mass is 10.2. The molecule has 0 spiro atoms. The van der Waals surface area contributed by atoms with Crippen molar-refractivity contribution in [2.45, 2.75) is 26.4 Å². The van der Waals surface area contributed by atoms with Crippen LogP contribution >= 0.6 is 0 Å². The number of rotatable bonds is 0. The summed E-state index contributed by atoms with van der Waals surface area (Å²) >= 11 is 0. The van der Waals surface area contributed by atoms with E-state index in [0.717, 1.165) is 19.9 Å². The maximum absolute atomic E-state index is 10.0. The zero-order valence-corrected chi connectivity index (χ0v) is 8.42. The lowest BCUT2D eigenvalue weighted by Crippen LogP contribution is -2.27. The third kappa shape index (κ3) is 11.2. The number of amides is 1. The average Bonchev–Trinajstić information content (AvgIpc) is 2.33. The number of ether oxygens (including phenoxy) is 2. The molecule has 13 heavy (non-hydrogen) atoms. The van der Waals surface area contributed by atoms with Gasteiger partial charge < -0.3 is 15.2 Å². The Kier molecular flexibility index (Phi) is 5.41. The second kappa shape index (κ2) is 5.77. The number of hydrogen-bond acceptors (Lipinski definition) is 4. The van der Waals surface area contributed by atoms with E-state index in [-0.39, 0.29) is 0 Å². The summed E-state index contributed by atoms with van der Waals surface area (Å²) < 4.78 is 9.41. The Balaban J connectivity index is 0.000000243. The summed E-state index contributed by atoms with van der Waals surface area (Å²) in [5, 5.41) is 3.00. The second-order valence-corrected chi connectivity index (χ2v) is 3.59. The number of carbonyl (C=O) groups is 1. The van der Waals surface area contributed by atoms with Gasteiger partial charge in [-0.3, -0.25) is 5.32 Å². The average molecular weight is 190 g/mol. The second-order valence-electron chi connectivity index (χ2n) is 3.59. The molecule has 0 atom stereocenters. The van der Waals surface area contributed by atoms with Gasteiger partial charge in [-0.2, -0.15) is 0 Å². The van der Waals surface area contributed by atoms with Crippen molar-refractivity contribution >= 4 is 6.09 Å². The van der Waals surface area contributed by atoms with E-state index >= 15 is 0 Å². The van der Waals surface area contributed by atoms with Gasteiger partial charge in [-0.1, -0.05) is 0 Å². The first-order valence-electron chi connectivity index (χ1n) is 4.19. The Hall–Kier alpha value is -0.810. The highest BCUT2D eigenvalue weighted by molar-refractivity contribution is 5.65. The van der Waals surface area contributed by atoms with Gasteiger partial charge in [0.1, 0.15) is 5.60 Å². The van der Waals surface area contributed by atoms with Crippen molar-refractivity contribution in [3.05, 3.63) is 0 Å². The van der Waals surface area contributed by atoms with E-state index in [0.29, 0.717) is 0 Å². The number of hydrogen-bond donors (Lipinski definition) is 2. The molecule has 1 aliphatic heterocycles. The van der Waals surface area contributed by atoms with Crippen LogP contribution in [-0.2, 0) is 9.47 Å². The summed E-state index contributed by atoms with van der Waals surface area (Å²) in [7, 11) is 0. The fourth-order valence-electron chi connectivity index (χ4n) is 0.663. The number of primary amides is 1. The molecule has 0 aromatic rings. The zero-order chi connectivity index (χ0) is 10.3. The molecule has 0 bridgehead atoms. The van der Waals surface area contributed by atoms with Gasteiger partial charge >= 0.3 is 6.09 Å². The van der Waals surface area contributed by atoms with Gasteiger partial charge in [-0.25, -0.2) is 4.79 Å². The predicted molar refractivity (Wildman–Crippen MR) is 49.2 cm³/mol. The molecule has 0 saturated carbocycles. The largest absolute Gasteiger partial charge is 0.444 e.